The van der Waals surface area contributed by atoms with E-state index in [-0.39, 0.29) is 0 Å². The van der Waals surface area contributed by atoms with Crippen molar-refractivity contribution in [1.29, 1.82) is 0 Å². The minimum absolute atomic E-state index is 0.510. The maximum absolute atomic E-state index is 6.12. The highest BCUT2D eigenvalue weighted by Crippen LogP contribution is 2.29. The topological polar surface area (TPSA) is 18.5 Å². The van der Waals surface area contributed by atoms with E-state index in [0.717, 1.165) is 31.9 Å². The molecule has 98 valence electrons. The summed E-state index contributed by atoms with van der Waals surface area (Å²) in [5.74, 6) is 0. The summed E-state index contributed by atoms with van der Waals surface area (Å²) in [6.07, 6.45) is 0. The van der Waals surface area contributed by atoms with Crippen LogP contribution in [-0.4, -0.2) is 48.1 Å². The smallest absolute Gasteiger partial charge is 0.173 e. The molecule has 0 amide bonds. The fourth-order valence-corrected chi connectivity index (χ4v) is 2.44. The first-order chi connectivity index (χ1) is 8.58. The molecule has 0 bridgehead atoms. The van der Waals surface area contributed by atoms with Gasteiger partial charge in [0.05, 0.1) is 15.7 Å². The fourth-order valence-electron chi connectivity index (χ4n) is 1.80. The van der Waals surface area contributed by atoms with Crippen LogP contribution in [0.3, 0.4) is 0 Å². The van der Waals surface area contributed by atoms with E-state index < -0.39 is 0 Å². The molecule has 0 radical (unpaired) electrons. The number of nitrogens with one attached hydrogen (secondary N) is 1. The van der Waals surface area contributed by atoms with Crippen LogP contribution in [0.1, 0.15) is 0 Å². The standard InChI is InChI=1S/C12H15Cl2N3S/c1-16-5-7-17(8-6-16)12(18)15-10-4-2-3-9(13)11(10)14/h2-4H,5-8H2,1H3,(H,15,18). The molecule has 0 unspecified atom stereocenters. The second-order valence-corrected chi connectivity index (χ2v) is 5.49. The average Bonchev–Trinajstić information content (AvgIpc) is 2.36. The molecule has 0 saturated carbocycles. The van der Waals surface area contributed by atoms with Gasteiger partial charge in [0.15, 0.2) is 5.11 Å². The Morgan fingerprint density at radius 1 is 1.22 bits per heavy atom. The van der Waals surface area contributed by atoms with Gasteiger partial charge in [-0.3, -0.25) is 0 Å². The quantitative estimate of drug-likeness (QED) is 0.804. The monoisotopic (exact) mass is 303 g/mol. The van der Waals surface area contributed by atoms with Crippen molar-refractivity contribution in [2.45, 2.75) is 0 Å². The highest BCUT2D eigenvalue weighted by molar-refractivity contribution is 7.80. The minimum atomic E-state index is 0.510. The lowest BCUT2D eigenvalue weighted by Crippen LogP contribution is -2.48. The lowest BCUT2D eigenvalue weighted by Gasteiger charge is -2.34. The Morgan fingerprint density at radius 3 is 2.56 bits per heavy atom. The Morgan fingerprint density at radius 2 is 1.89 bits per heavy atom. The van der Waals surface area contributed by atoms with E-state index in [0.29, 0.717) is 15.2 Å². The van der Waals surface area contributed by atoms with Crippen LogP contribution >= 0.6 is 35.4 Å². The van der Waals surface area contributed by atoms with Gasteiger partial charge in [0.2, 0.25) is 0 Å². The number of hydrogen-bond donors (Lipinski definition) is 1. The molecule has 1 aromatic rings. The van der Waals surface area contributed by atoms with Gasteiger partial charge in [-0.1, -0.05) is 29.3 Å². The summed E-state index contributed by atoms with van der Waals surface area (Å²) in [4.78, 5) is 4.43. The van der Waals surface area contributed by atoms with Crippen molar-refractivity contribution in [3.8, 4) is 0 Å². The van der Waals surface area contributed by atoms with E-state index in [9.17, 15) is 0 Å². The number of nitrogens with zero attached hydrogens (tertiary/aromatic N) is 2. The van der Waals surface area contributed by atoms with Crippen molar-refractivity contribution in [3.63, 3.8) is 0 Å². The zero-order chi connectivity index (χ0) is 13.1. The van der Waals surface area contributed by atoms with Crippen LogP contribution in [0.2, 0.25) is 10.0 Å². The van der Waals surface area contributed by atoms with Crippen LogP contribution in [-0.2, 0) is 0 Å². The Hall–Kier alpha value is -0.550. The lowest BCUT2D eigenvalue weighted by molar-refractivity contribution is 0.217. The highest BCUT2D eigenvalue weighted by Gasteiger charge is 2.17. The van der Waals surface area contributed by atoms with E-state index in [2.05, 4.69) is 22.2 Å². The predicted octanol–water partition coefficient (Wildman–Crippen LogP) is 2.94. The van der Waals surface area contributed by atoms with Gasteiger partial charge < -0.3 is 15.1 Å². The molecule has 2 rings (SSSR count). The number of hydrogen-bond acceptors (Lipinski definition) is 2. The molecule has 1 aliphatic rings. The molecule has 3 nitrogen and oxygen atoms in total. The van der Waals surface area contributed by atoms with Crippen LogP contribution in [0.4, 0.5) is 5.69 Å². The van der Waals surface area contributed by atoms with Crippen molar-refractivity contribution in [1.82, 2.24) is 9.80 Å². The largest absolute Gasteiger partial charge is 0.346 e. The van der Waals surface area contributed by atoms with Gasteiger partial charge in [-0.15, -0.1) is 0 Å². The van der Waals surface area contributed by atoms with Crippen LogP contribution in [0, 0.1) is 0 Å². The average molecular weight is 304 g/mol. The second-order valence-electron chi connectivity index (χ2n) is 4.32. The zero-order valence-corrected chi connectivity index (χ0v) is 12.4. The van der Waals surface area contributed by atoms with Crippen molar-refractivity contribution >= 4 is 46.2 Å². The highest BCUT2D eigenvalue weighted by atomic mass is 35.5. The molecule has 18 heavy (non-hydrogen) atoms. The Balaban J connectivity index is 2.01. The van der Waals surface area contributed by atoms with E-state index in [4.69, 9.17) is 35.4 Å². The summed E-state index contributed by atoms with van der Waals surface area (Å²) in [5.41, 5.74) is 0.757. The minimum Gasteiger partial charge on any atom is -0.346 e. The molecule has 1 aromatic carbocycles. The van der Waals surface area contributed by atoms with Crippen molar-refractivity contribution < 1.29 is 0 Å². The summed E-state index contributed by atoms with van der Waals surface area (Å²) in [6, 6.07) is 5.48. The number of halogens is 2. The number of anilines is 1. The van der Waals surface area contributed by atoms with Gasteiger partial charge in [0.25, 0.3) is 0 Å². The molecule has 0 spiro atoms. The molecular formula is C12H15Cl2N3S. The van der Waals surface area contributed by atoms with Gasteiger partial charge in [0, 0.05) is 26.2 Å². The number of thiocarbonyl (C=S) groups is 1. The molecule has 1 saturated heterocycles. The number of piperazine rings is 1. The van der Waals surface area contributed by atoms with E-state index in [1.165, 1.54) is 0 Å². The number of rotatable bonds is 1. The maximum Gasteiger partial charge on any atom is 0.173 e. The Bertz CT molecular complexity index is 445. The predicted molar refractivity (Wildman–Crippen MR) is 81.8 cm³/mol. The molecule has 1 aliphatic heterocycles. The summed E-state index contributed by atoms with van der Waals surface area (Å²) >= 11 is 17.5. The molecule has 0 atom stereocenters. The Kier molecular flexibility index (Phi) is 4.67. The van der Waals surface area contributed by atoms with Gasteiger partial charge in [0.1, 0.15) is 0 Å². The number of likely N-dealkylation sites (N-methyl/N-ethyl adjacent to an activating group) is 1. The maximum atomic E-state index is 6.12. The first-order valence-electron chi connectivity index (χ1n) is 5.76. The second kappa shape index (κ2) is 6.06. The first kappa shape index (κ1) is 13.9. The molecule has 1 N–H and O–H groups in total. The molecule has 6 heteroatoms. The summed E-state index contributed by atoms with van der Waals surface area (Å²) in [6.45, 7) is 3.90. The molecular weight excluding hydrogens is 289 g/mol. The van der Waals surface area contributed by atoms with Gasteiger partial charge >= 0.3 is 0 Å². The lowest BCUT2D eigenvalue weighted by atomic mass is 10.3. The van der Waals surface area contributed by atoms with E-state index >= 15 is 0 Å². The van der Waals surface area contributed by atoms with Gasteiger partial charge in [-0.05, 0) is 31.4 Å². The van der Waals surface area contributed by atoms with Crippen LogP contribution in [0.15, 0.2) is 18.2 Å². The third kappa shape index (κ3) is 3.26. The van der Waals surface area contributed by atoms with Crippen LogP contribution in [0.5, 0.6) is 0 Å². The molecule has 1 fully saturated rings. The normalized spacial score (nSPS) is 16.7. The van der Waals surface area contributed by atoms with Crippen molar-refractivity contribution in [3.05, 3.63) is 28.2 Å². The molecule has 0 aliphatic carbocycles. The van der Waals surface area contributed by atoms with Gasteiger partial charge in [-0.25, -0.2) is 0 Å². The zero-order valence-electron chi connectivity index (χ0n) is 10.1. The first-order valence-corrected chi connectivity index (χ1v) is 6.93. The van der Waals surface area contributed by atoms with E-state index in [1.807, 2.05) is 12.1 Å². The van der Waals surface area contributed by atoms with Crippen LogP contribution < -0.4 is 5.32 Å². The van der Waals surface area contributed by atoms with Crippen molar-refractivity contribution in [2.75, 3.05) is 38.5 Å². The fraction of sp³-hybridized carbons (Fsp3) is 0.417. The third-order valence-electron chi connectivity index (χ3n) is 2.98. The molecule has 1 heterocycles. The Labute approximate surface area is 123 Å². The number of benzene rings is 1. The van der Waals surface area contributed by atoms with E-state index in [1.54, 1.807) is 6.07 Å². The summed E-state index contributed by atoms with van der Waals surface area (Å²) in [5, 5.41) is 4.90. The summed E-state index contributed by atoms with van der Waals surface area (Å²) < 4.78 is 0. The third-order valence-corrected chi connectivity index (χ3v) is 4.16. The van der Waals surface area contributed by atoms with Gasteiger partial charge in [-0.2, -0.15) is 0 Å². The van der Waals surface area contributed by atoms with Crippen molar-refractivity contribution in [2.24, 2.45) is 0 Å². The summed E-state index contributed by atoms with van der Waals surface area (Å²) in [7, 11) is 2.11. The SMILES string of the molecule is CN1CCN(C(=S)Nc2cccc(Cl)c2Cl)CC1. The molecule has 0 aromatic heterocycles. The van der Waals surface area contributed by atoms with Crippen LogP contribution in [0.25, 0.3) is 0 Å².